The van der Waals surface area contributed by atoms with E-state index in [1.54, 1.807) is 6.92 Å². The predicted molar refractivity (Wildman–Crippen MR) is 86.9 cm³/mol. The molecule has 0 unspecified atom stereocenters. The Bertz CT molecular complexity index is 399. The van der Waals surface area contributed by atoms with E-state index in [-0.39, 0.29) is 24.0 Å². The third-order valence-corrected chi connectivity index (χ3v) is 3.96. The Morgan fingerprint density at radius 1 is 1.30 bits per heavy atom. The van der Waals surface area contributed by atoms with Gasteiger partial charge < -0.3 is 20.7 Å². The number of urea groups is 1. The third kappa shape index (κ3) is 6.72. The fourth-order valence-electron chi connectivity index (χ4n) is 2.87. The molecular formula is C16H30FN3O3. The van der Waals surface area contributed by atoms with E-state index in [4.69, 9.17) is 4.74 Å². The molecule has 0 spiro atoms. The van der Waals surface area contributed by atoms with Crippen LogP contribution in [0.3, 0.4) is 0 Å². The van der Waals surface area contributed by atoms with Crippen LogP contribution in [0.5, 0.6) is 0 Å². The molecule has 0 saturated carbocycles. The third-order valence-electron chi connectivity index (χ3n) is 3.96. The molecule has 1 rings (SSSR count). The summed E-state index contributed by atoms with van der Waals surface area (Å²) in [5.74, 6) is -0.142. The van der Waals surface area contributed by atoms with Gasteiger partial charge in [-0.25, -0.2) is 9.18 Å². The van der Waals surface area contributed by atoms with E-state index in [1.807, 2.05) is 0 Å². The molecular weight excluding hydrogens is 301 g/mol. The maximum absolute atomic E-state index is 12.0. The highest BCUT2D eigenvalue weighted by molar-refractivity contribution is 5.86. The standard InChI is InChI=1S/C16H30FN3O3/c1-11(14(21)18-8-7-17)20-15(22)19-10-12-6-5-9-23-13(12)16(2,3)4/h11-13H,5-10H2,1-4H3,(H,18,21)(H2,19,20,22)/t11-,12+,13+/m0/s1. The van der Waals surface area contributed by atoms with Crippen molar-refractivity contribution in [1.29, 1.82) is 0 Å². The zero-order valence-corrected chi connectivity index (χ0v) is 14.6. The first-order chi connectivity index (χ1) is 10.8. The molecule has 3 N–H and O–H groups in total. The Balaban J connectivity index is 2.40. The van der Waals surface area contributed by atoms with E-state index in [0.717, 1.165) is 19.4 Å². The number of ether oxygens (including phenoxy) is 1. The maximum Gasteiger partial charge on any atom is 0.315 e. The maximum atomic E-state index is 12.0. The molecule has 0 aromatic heterocycles. The summed E-state index contributed by atoms with van der Waals surface area (Å²) in [7, 11) is 0. The van der Waals surface area contributed by atoms with Crippen molar-refractivity contribution < 1.29 is 18.7 Å². The minimum Gasteiger partial charge on any atom is -0.377 e. The summed E-state index contributed by atoms with van der Waals surface area (Å²) >= 11 is 0. The number of nitrogens with one attached hydrogen (secondary N) is 3. The summed E-state index contributed by atoms with van der Waals surface area (Å²) < 4.78 is 17.9. The van der Waals surface area contributed by atoms with Crippen molar-refractivity contribution in [1.82, 2.24) is 16.0 Å². The number of amides is 3. The fraction of sp³-hybridized carbons (Fsp3) is 0.875. The smallest absolute Gasteiger partial charge is 0.315 e. The van der Waals surface area contributed by atoms with Gasteiger partial charge in [-0.1, -0.05) is 20.8 Å². The lowest BCUT2D eigenvalue weighted by Gasteiger charge is -2.40. The summed E-state index contributed by atoms with van der Waals surface area (Å²) in [4.78, 5) is 23.5. The van der Waals surface area contributed by atoms with Gasteiger partial charge in [-0.2, -0.15) is 0 Å². The van der Waals surface area contributed by atoms with E-state index < -0.39 is 24.7 Å². The number of halogens is 1. The van der Waals surface area contributed by atoms with Gasteiger partial charge in [0.25, 0.3) is 0 Å². The van der Waals surface area contributed by atoms with Crippen molar-refractivity contribution in [3.05, 3.63) is 0 Å². The summed E-state index contributed by atoms with van der Waals surface area (Å²) in [6, 6.07) is -1.10. The summed E-state index contributed by atoms with van der Waals surface area (Å²) in [6.07, 6.45) is 2.10. The number of rotatable bonds is 6. The van der Waals surface area contributed by atoms with Gasteiger partial charge in [0.1, 0.15) is 12.7 Å². The molecule has 1 saturated heterocycles. The number of alkyl halides is 1. The molecule has 1 aliphatic rings. The van der Waals surface area contributed by atoms with Gasteiger partial charge in [0.15, 0.2) is 0 Å². The molecule has 1 fully saturated rings. The molecule has 23 heavy (non-hydrogen) atoms. The lowest BCUT2D eigenvalue weighted by molar-refractivity contribution is -0.122. The van der Waals surface area contributed by atoms with Crippen LogP contribution >= 0.6 is 0 Å². The van der Waals surface area contributed by atoms with Crippen molar-refractivity contribution in [3.63, 3.8) is 0 Å². The summed E-state index contributed by atoms with van der Waals surface area (Å²) in [6.45, 7) is 8.56. The number of hydrogen-bond donors (Lipinski definition) is 3. The highest BCUT2D eigenvalue weighted by atomic mass is 19.1. The van der Waals surface area contributed by atoms with Crippen molar-refractivity contribution in [2.45, 2.75) is 52.7 Å². The van der Waals surface area contributed by atoms with E-state index in [1.165, 1.54) is 0 Å². The molecule has 0 aromatic carbocycles. The van der Waals surface area contributed by atoms with Crippen LogP contribution in [0.15, 0.2) is 0 Å². The summed E-state index contributed by atoms with van der Waals surface area (Å²) in [5.41, 5.74) is 0.0167. The van der Waals surface area contributed by atoms with E-state index in [9.17, 15) is 14.0 Å². The van der Waals surface area contributed by atoms with Crippen LogP contribution < -0.4 is 16.0 Å². The predicted octanol–water partition coefficient (Wildman–Crippen LogP) is 1.60. The molecule has 7 heteroatoms. The molecule has 0 bridgehead atoms. The van der Waals surface area contributed by atoms with Crippen LogP contribution in [0.1, 0.15) is 40.5 Å². The van der Waals surface area contributed by atoms with Gasteiger partial charge in [0.05, 0.1) is 6.10 Å². The van der Waals surface area contributed by atoms with E-state index in [0.29, 0.717) is 6.54 Å². The van der Waals surface area contributed by atoms with Gasteiger partial charge in [-0.15, -0.1) is 0 Å². The average molecular weight is 331 g/mol. The quantitative estimate of drug-likeness (QED) is 0.692. The molecule has 0 aliphatic carbocycles. The minimum absolute atomic E-state index is 0.0167. The second-order valence-corrected chi connectivity index (χ2v) is 7.12. The minimum atomic E-state index is -0.706. The zero-order valence-electron chi connectivity index (χ0n) is 14.6. The lowest BCUT2D eigenvalue weighted by Crippen LogP contribution is -2.51. The highest BCUT2D eigenvalue weighted by Crippen LogP contribution is 2.33. The van der Waals surface area contributed by atoms with E-state index in [2.05, 4.69) is 36.7 Å². The SMILES string of the molecule is C[C@H](NC(=O)NC[C@H]1CCCO[C@H]1C(C)(C)C)C(=O)NCCF. The van der Waals surface area contributed by atoms with Crippen LogP contribution in [-0.4, -0.2) is 50.5 Å². The molecule has 6 nitrogen and oxygen atoms in total. The van der Waals surface area contributed by atoms with Gasteiger partial charge in [-0.3, -0.25) is 4.79 Å². The van der Waals surface area contributed by atoms with Crippen LogP contribution in [0.2, 0.25) is 0 Å². The molecule has 1 aliphatic heterocycles. The van der Waals surface area contributed by atoms with Crippen LogP contribution in [-0.2, 0) is 9.53 Å². The molecule has 0 radical (unpaired) electrons. The number of carbonyl (C=O) groups excluding carboxylic acids is 2. The normalized spacial score (nSPS) is 23.0. The Hall–Kier alpha value is -1.37. The molecule has 1 heterocycles. The topological polar surface area (TPSA) is 79.5 Å². The largest absolute Gasteiger partial charge is 0.377 e. The zero-order chi connectivity index (χ0) is 17.5. The van der Waals surface area contributed by atoms with E-state index >= 15 is 0 Å². The lowest BCUT2D eigenvalue weighted by atomic mass is 9.78. The van der Waals surface area contributed by atoms with Gasteiger partial charge in [0, 0.05) is 25.6 Å². The molecule has 3 amide bonds. The molecule has 134 valence electrons. The fourth-order valence-corrected chi connectivity index (χ4v) is 2.87. The monoisotopic (exact) mass is 331 g/mol. The number of carbonyl (C=O) groups is 2. The van der Waals surface area contributed by atoms with Crippen LogP contribution in [0.25, 0.3) is 0 Å². The Labute approximate surface area is 137 Å². The Morgan fingerprint density at radius 2 is 2.00 bits per heavy atom. The van der Waals surface area contributed by atoms with Crippen LogP contribution in [0.4, 0.5) is 9.18 Å². The van der Waals surface area contributed by atoms with Gasteiger partial charge in [0.2, 0.25) is 5.91 Å². The highest BCUT2D eigenvalue weighted by Gasteiger charge is 2.35. The Morgan fingerprint density at radius 3 is 2.61 bits per heavy atom. The van der Waals surface area contributed by atoms with Crippen molar-refractivity contribution in [3.8, 4) is 0 Å². The average Bonchev–Trinajstić information content (AvgIpc) is 2.49. The first-order valence-corrected chi connectivity index (χ1v) is 8.25. The first kappa shape index (κ1) is 19.7. The van der Waals surface area contributed by atoms with Crippen molar-refractivity contribution in [2.75, 3.05) is 26.4 Å². The van der Waals surface area contributed by atoms with Crippen LogP contribution in [0, 0.1) is 11.3 Å². The van der Waals surface area contributed by atoms with Crippen molar-refractivity contribution >= 4 is 11.9 Å². The number of hydrogen-bond acceptors (Lipinski definition) is 3. The molecule has 0 aromatic rings. The van der Waals surface area contributed by atoms with Gasteiger partial charge >= 0.3 is 6.03 Å². The Kier molecular flexibility index (Phi) is 7.75. The first-order valence-electron chi connectivity index (χ1n) is 8.25. The molecule has 3 atom stereocenters. The second kappa shape index (κ2) is 9.05. The summed E-state index contributed by atoms with van der Waals surface area (Å²) in [5, 5.41) is 7.76. The second-order valence-electron chi connectivity index (χ2n) is 7.12. The van der Waals surface area contributed by atoms with Gasteiger partial charge in [-0.05, 0) is 25.2 Å². The van der Waals surface area contributed by atoms with Crippen molar-refractivity contribution in [2.24, 2.45) is 11.3 Å².